The molecule has 37 heavy (non-hydrogen) atoms. The number of benzene rings is 3. The quantitative estimate of drug-likeness (QED) is 0.308. The van der Waals surface area contributed by atoms with Gasteiger partial charge >= 0.3 is 0 Å². The number of fused-ring (bicyclic) bond motifs is 2. The third kappa shape index (κ3) is 7.01. The molecule has 8 heteroatoms. The molecule has 0 saturated heterocycles. The number of rotatable bonds is 7. The minimum absolute atomic E-state index is 0.267. The van der Waals surface area contributed by atoms with Gasteiger partial charge in [-0.1, -0.05) is 71.5 Å². The molecule has 0 fully saturated rings. The Morgan fingerprint density at radius 2 is 1.57 bits per heavy atom. The van der Waals surface area contributed by atoms with Gasteiger partial charge in [-0.2, -0.15) is 0 Å². The van der Waals surface area contributed by atoms with Crippen LogP contribution in [0, 0.1) is 6.92 Å². The number of carbonyl (C=O) groups is 1. The summed E-state index contributed by atoms with van der Waals surface area (Å²) in [5, 5.41) is 3.61. The number of carbonyl (C=O) groups excluding carboxylic acids is 1. The third-order valence-electron chi connectivity index (χ3n) is 6.06. The van der Waals surface area contributed by atoms with E-state index in [2.05, 4.69) is 95.4 Å². The first-order chi connectivity index (χ1) is 17.9. The van der Waals surface area contributed by atoms with Gasteiger partial charge in [0.1, 0.15) is 5.76 Å². The molecule has 2 heterocycles. The van der Waals surface area contributed by atoms with Crippen LogP contribution in [0.2, 0.25) is 0 Å². The maximum atomic E-state index is 11.6. The molecule has 2 N–H and O–H groups in total. The van der Waals surface area contributed by atoms with Gasteiger partial charge in [0, 0.05) is 35.0 Å². The summed E-state index contributed by atoms with van der Waals surface area (Å²) < 4.78 is 4.81. The standard InChI is InChI=1S/C17H20N2S.C12H13N3O2/c1-13(18(2)3)12-19-14-8-4-6-10-16(14)20-17-11-7-5-9-15(17)19;1-9-7-11(15-17-9)12(16)14-13-8-10-5-3-2-4-6-10/h4-11,13H,12H2,1-3H3;2-7,13H,8H2,1H3,(H,14,16). The van der Waals surface area contributed by atoms with Gasteiger partial charge in [-0.05, 0) is 57.8 Å². The predicted octanol–water partition coefficient (Wildman–Crippen LogP) is 5.66. The number of aromatic nitrogens is 1. The molecule has 1 aliphatic rings. The van der Waals surface area contributed by atoms with E-state index < -0.39 is 0 Å². The van der Waals surface area contributed by atoms with Crippen LogP contribution in [-0.4, -0.2) is 42.6 Å². The van der Waals surface area contributed by atoms with Crippen molar-refractivity contribution in [2.75, 3.05) is 25.5 Å². The van der Waals surface area contributed by atoms with Crippen LogP contribution in [0.4, 0.5) is 11.4 Å². The number of nitrogens with zero attached hydrogens (tertiary/aromatic N) is 3. The van der Waals surface area contributed by atoms with Gasteiger partial charge in [0.15, 0.2) is 5.69 Å². The van der Waals surface area contributed by atoms with Gasteiger partial charge in [-0.15, -0.1) is 0 Å². The lowest BCUT2D eigenvalue weighted by Gasteiger charge is -2.36. The number of amides is 1. The van der Waals surface area contributed by atoms with Crippen molar-refractivity contribution in [2.45, 2.75) is 36.2 Å². The van der Waals surface area contributed by atoms with Gasteiger partial charge in [0.2, 0.25) is 0 Å². The summed E-state index contributed by atoms with van der Waals surface area (Å²) in [5.74, 6) is 0.302. The van der Waals surface area contributed by atoms with Crippen molar-refractivity contribution in [3.63, 3.8) is 0 Å². The number of hydrogen-bond donors (Lipinski definition) is 2. The van der Waals surface area contributed by atoms with E-state index in [-0.39, 0.29) is 11.6 Å². The molecular weight excluding hydrogens is 482 g/mol. The molecule has 0 aliphatic carbocycles. The summed E-state index contributed by atoms with van der Waals surface area (Å²) in [6.45, 7) is 5.57. The first kappa shape index (κ1) is 26.5. The summed E-state index contributed by atoms with van der Waals surface area (Å²) >= 11 is 1.87. The van der Waals surface area contributed by atoms with Crippen molar-refractivity contribution < 1.29 is 9.32 Å². The SMILES string of the molecule is CC(CN1c2ccccc2Sc2ccccc21)N(C)C.Cc1cc(C(=O)NNCc2ccccc2)no1. The minimum Gasteiger partial charge on any atom is -0.361 e. The topological polar surface area (TPSA) is 73.6 Å². The van der Waals surface area contributed by atoms with E-state index in [0.717, 1.165) is 12.1 Å². The van der Waals surface area contributed by atoms with Gasteiger partial charge in [-0.25, -0.2) is 5.43 Å². The Morgan fingerprint density at radius 1 is 0.973 bits per heavy atom. The highest BCUT2D eigenvalue weighted by molar-refractivity contribution is 7.99. The number of hydrazine groups is 1. The van der Waals surface area contributed by atoms with E-state index >= 15 is 0 Å². The normalized spacial score (nSPS) is 12.7. The molecule has 5 rings (SSSR count). The average Bonchev–Trinajstić information content (AvgIpc) is 3.35. The van der Waals surface area contributed by atoms with Crippen molar-refractivity contribution >= 4 is 29.0 Å². The summed E-state index contributed by atoms with van der Waals surface area (Å²) in [6.07, 6.45) is 0. The van der Waals surface area contributed by atoms with Crippen LogP contribution in [-0.2, 0) is 6.54 Å². The lowest BCUT2D eigenvalue weighted by atomic mass is 10.2. The van der Waals surface area contributed by atoms with Crippen LogP contribution in [0.3, 0.4) is 0 Å². The summed E-state index contributed by atoms with van der Waals surface area (Å²) in [6, 6.07) is 29.2. The average molecular weight is 516 g/mol. The number of anilines is 2. The molecule has 1 amide bonds. The van der Waals surface area contributed by atoms with Gasteiger partial charge in [0.05, 0.1) is 11.4 Å². The molecule has 1 unspecified atom stereocenters. The molecule has 0 saturated carbocycles. The molecular formula is C29H33N5O2S. The Balaban J connectivity index is 0.000000176. The van der Waals surface area contributed by atoms with Gasteiger partial charge in [-0.3, -0.25) is 10.2 Å². The molecule has 0 bridgehead atoms. The van der Waals surface area contributed by atoms with E-state index in [4.69, 9.17) is 4.52 Å². The van der Waals surface area contributed by atoms with Crippen molar-refractivity contribution in [1.29, 1.82) is 0 Å². The highest BCUT2D eigenvalue weighted by Gasteiger charge is 2.24. The van der Waals surface area contributed by atoms with Crippen LogP contribution in [0.1, 0.15) is 28.7 Å². The largest absolute Gasteiger partial charge is 0.361 e. The first-order valence-corrected chi connectivity index (χ1v) is 13.0. The number of aryl methyl sites for hydroxylation is 1. The summed E-state index contributed by atoms with van der Waals surface area (Å²) in [4.78, 5) is 19.0. The Hall–Kier alpha value is -3.59. The fourth-order valence-corrected chi connectivity index (χ4v) is 4.86. The van der Waals surface area contributed by atoms with Crippen molar-refractivity contribution in [3.05, 3.63) is 102 Å². The van der Waals surface area contributed by atoms with E-state index in [9.17, 15) is 4.79 Å². The molecule has 1 aromatic heterocycles. The van der Waals surface area contributed by atoms with Crippen LogP contribution in [0.15, 0.2) is 99.2 Å². The van der Waals surface area contributed by atoms with Crippen molar-refractivity contribution in [1.82, 2.24) is 20.9 Å². The Kier molecular flexibility index (Phi) is 9.00. The van der Waals surface area contributed by atoms with Crippen LogP contribution >= 0.6 is 11.8 Å². The van der Waals surface area contributed by atoms with Crippen molar-refractivity contribution in [3.8, 4) is 0 Å². The maximum Gasteiger partial charge on any atom is 0.287 e. The molecule has 4 aromatic rings. The zero-order chi connectivity index (χ0) is 26.2. The van der Waals surface area contributed by atoms with Crippen LogP contribution in [0.5, 0.6) is 0 Å². The zero-order valence-corrected chi connectivity index (χ0v) is 22.5. The third-order valence-corrected chi connectivity index (χ3v) is 7.19. The Bertz CT molecular complexity index is 1260. The van der Waals surface area contributed by atoms with E-state index in [0.29, 0.717) is 18.3 Å². The van der Waals surface area contributed by atoms with Crippen LogP contribution in [0.25, 0.3) is 0 Å². The van der Waals surface area contributed by atoms with Gasteiger partial charge < -0.3 is 14.3 Å². The molecule has 7 nitrogen and oxygen atoms in total. The van der Waals surface area contributed by atoms with E-state index in [1.807, 2.05) is 42.1 Å². The minimum atomic E-state index is -0.308. The summed E-state index contributed by atoms with van der Waals surface area (Å²) in [5.41, 5.74) is 9.38. The van der Waals surface area contributed by atoms with E-state index in [1.54, 1.807) is 13.0 Å². The number of hydrogen-bond acceptors (Lipinski definition) is 7. The first-order valence-electron chi connectivity index (χ1n) is 12.2. The molecule has 1 atom stereocenters. The molecule has 1 aliphatic heterocycles. The lowest BCUT2D eigenvalue weighted by Crippen LogP contribution is -2.37. The molecule has 0 radical (unpaired) electrons. The fourth-order valence-electron chi connectivity index (χ4n) is 3.77. The predicted molar refractivity (Wildman–Crippen MR) is 149 cm³/mol. The second kappa shape index (κ2) is 12.6. The van der Waals surface area contributed by atoms with Crippen molar-refractivity contribution in [2.24, 2.45) is 0 Å². The highest BCUT2D eigenvalue weighted by atomic mass is 32.2. The monoisotopic (exact) mass is 515 g/mol. The van der Waals surface area contributed by atoms with Crippen LogP contribution < -0.4 is 15.8 Å². The Morgan fingerprint density at radius 3 is 2.14 bits per heavy atom. The number of likely N-dealkylation sites (N-methyl/N-ethyl adjacent to an activating group) is 1. The molecule has 192 valence electrons. The second-order valence-electron chi connectivity index (χ2n) is 9.08. The Labute approximate surface area is 222 Å². The smallest absolute Gasteiger partial charge is 0.287 e. The molecule has 0 spiro atoms. The number of para-hydroxylation sites is 2. The highest BCUT2D eigenvalue weighted by Crippen LogP contribution is 2.47. The van der Waals surface area contributed by atoms with E-state index in [1.165, 1.54) is 21.2 Å². The summed E-state index contributed by atoms with van der Waals surface area (Å²) in [7, 11) is 4.28. The zero-order valence-electron chi connectivity index (χ0n) is 21.6. The van der Waals surface area contributed by atoms with Gasteiger partial charge in [0.25, 0.3) is 5.91 Å². The second-order valence-corrected chi connectivity index (χ2v) is 10.2. The molecule has 3 aromatic carbocycles. The lowest BCUT2D eigenvalue weighted by molar-refractivity contribution is 0.0923. The fraction of sp³-hybridized carbons (Fsp3) is 0.241. The number of nitrogens with one attached hydrogen (secondary N) is 2. The maximum absolute atomic E-state index is 11.6.